The number of benzene rings is 1. The first-order valence-electron chi connectivity index (χ1n) is 11.9. The molecule has 1 heterocycles. The maximum atomic E-state index is 13.4. The first-order valence-corrected chi connectivity index (χ1v) is 12.5. The first kappa shape index (κ1) is 28.0. The summed E-state index contributed by atoms with van der Waals surface area (Å²) in [7, 11) is 5.19. The van der Waals surface area contributed by atoms with E-state index in [0.717, 1.165) is 24.4 Å². The van der Waals surface area contributed by atoms with Gasteiger partial charge in [-0.15, -0.1) is 0 Å². The second-order valence-electron chi connectivity index (χ2n) is 9.42. The van der Waals surface area contributed by atoms with Gasteiger partial charge in [0.2, 0.25) is 17.7 Å². The van der Waals surface area contributed by atoms with Crippen LogP contribution in [0.4, 0.5) is 0 Å². The SMILES string of the molecule is CNC(=O)[C@H](Cc1ccc(OC)cc1)NC(=O)C(CC(C)C)C(S)CC(=O)N1CCN(C)CC1. The average molecular weight is 493 g/mol. The number of methoxy groups -OCH3 is 1. The Hall–Kier alpha value is -2.26. The van der Waals surface area contributed by atoms with Crippen LogP contribution in [0.3, 0.4) is 0 Å². The number of piperazine rings is 1. The Morgan fingerprint density at radius 3 is 2.21 bits per heavy atom. The van der Waals surface area contributed by atoms with Gasteiger partial charge in [-0.2, -0.15) is 12.6 Å². The van der Waals surface area contributed by atoms with Crippen LogP contribution in [0, 0.1) is 11.8 Å². The van der Waals surface area contributed by atoms with Gasteiger partial charge in [0.15, 0.2) is 0 Å². The van der Waals surface area contributed by atoms with Gasteiger partial charge in [-0.05, 0) is 37.1 Å². The Morgan fingerprint density at radius 1 is 1.06 bits per heavy atom. The highest BCUT2D eigenvalue weighted by molar-refractivity contribution is 7.81. The molecule has 0 bridgehead atoms. The van der Waals surface area contributed by atoms with Crippen LogP contribution < -0.4 is 15.4 Å². The zero-order valence-corrected chi connectivity index (χ0v) is 21.9. The molecule has 0 radical (unpaired) electrons. The number of amides is 3. The van der Waals surface area contributed by atoms with E-state index in [1.807, 2.05) is 50.1 Å². The van der Waals surface area contributed by atoms with Crippen molar-refractivity contribution >= 4 is 30.4 Å². The molecule has 0 spiro atoms. The van der Waals surface area contributed by atoms with Crippen molar-refractivity contribution in [3.63, 3.8) is 0 Å². The predicted octanol–water partition coefficient (Wildman–Crippen LogP) is 1.59. The Kier molecular flexibility index (Phi) is 11.2. The largest absolute Gasteiger partial charge is 0.497 e. The summed E-state index contributed by atoms with van der Waals surface area (Å²) in [5, 5.41) is 5.14. The minimum Gasteiger partial charge on any atom is -0.497 e. The molecule has 3 amide bonds. The quantitative estimate of drug-likeness (QED) is 0.408. The van der Waals surface area contributed by atoms with Crippen LogP contribution in [0.15, 0.2) is 24.3 Å². The summed E-state index contributed by atoms with van der Waals surface area (Å²) in [4.78, 5) is 42.8. The van der Waals surface area contributed by atoms with Crippen molar-refractivity contribution in [2.75, 3.05) is 47.4 Å². The summed E-state index contributed by atoms with van der Waals surface area (Å²) >= 11 is 4.70. The molecule has 190 valence electrons. The van der Waals surface area contributed by atoms with E-state index in [0.29, 0.717) is 25.9 Å². The first-order chi connectivity index (χ1) is 16.1. The van der Waals surface area contributed by atoms with Gasteiger partial charge < -0.3 is 25.2 Å². The van der Waals surface area contributed by atoms with Gasteiger partial charge in [0, 0.05) is 51.3 Å². The van der Waals surface area contributed by atoms with E-state index in [9.17, 15) is 14.4 Å². The van der Waals surface area contributed by atoms with Gasteiger partial charge in [0.05, 0.1) is 13.0 Å². The van der Waals surface area contributed by atoms with Crippen molar-refractivity contribution < 1.29 is 19.1 Å². The van der Waals surface area contributed by atoms with E-state index < -0.39 is 17.2 Å². The number of rotatable bonds is 11. The normalized spacial score (nSPS) is 17.1. The van der Waals surface area contributed by atoms with Crippen LogP contribution in [-0.4, -0.2) is 86.2 Å². The molecule has 2 rings (SSSR count). The van der Waals surface area contributed by atoms with E-state index in [2.05, 4.69) is 15.5 Å². The second kappa shape index (κ2) is 13.6. The van der Waals surface area contributed by atoms with Gasteiger partial charge in [0.25, 0.3) is 0 Å². The van der Waals surface area contributed by atoms with Crippen LogP contribution in [0.2, 0.25) is 0 Å². The Labute approximate surface area is 209 Å². The maximum Gasteiger partial charge on any atom is 0.242 e. The lowest BCUT2D eigenvalue weighted by Gasteiger charge is -2.34. The molecule has 1 aliphatic rings. The van der Waals surface area contributed by atoms with Gasteiger partial charge in [-0.1, -0.05) is 26.0 Å². The van der Waals surface area contributed by atoms with Gasteiger partial charge >= 0.3 is 0 Å². The maximum absolute atomic E-state index is 13.4. The summed E-state index contributed by atoms with van der Waals surface area (Å²) in [6.45, 7) is 7.15. The molecule has 1 saturated heterocycles. The zero-order valence-electron chi connectivity index (χ0n) is 21.0. The fourth-order valence-electron chi connectivity index (χ4n) is 4.11. The zero-order chi connectivity index (χ0) is 25.3. The third-order valence-corrected chi connectivity index (χ3v) is 6.79. The fraction of sp³-hybridized carbons (Fsp3) is 0.640. The van der Waals surface area contributed by atoms with Crippen molar-refractivity contribution in [2.45, 2.75) is 44.4 Å². The number of carbonyl (C=O) groups is 3. The lowest BCUT2D eigenvalue weighted by atomic mass is 9.90. The molecule has 8 nitrogen and oxygen atoms in total. The van der Waals surface area contributed by atoms with Gasteiger partial charge in [-0.25, -0.2) is 0 Å². The number of hydrogen-bond donors (Lipinski definition) is 3. The van der Waals surface area contributed by atoms with Crippen molar-refractivity contribution in [1.29, 1.82) is 0 Å². The molecule has 0 saturated carbocycles. The molecule has 34 heavy (non-hydrogen) atoms. The molecule has 0 aromatic heterocycles. The molecule has 1 aromatic carbocycles. The average Bonchev–Trinajstić information content (AvgIpc) is 2.82. The highest BCUT2D eigenvalue weighted by Gasteiger charge is 2.32. The molecule has 1 aliphatic heterocycles. The molecular weight excluding hydrogens is 452 g/mol. The molecular formula is C25H40N4O4S. The summed E-state index contributed by atoms with van der Waals surface area (Å²) in [6, 6.07) is 6.68. The topological polar surface area (TPSA) is 91.0 Å². The van der Waals surface area contributed by atoms with E-state index in [-0.39, 0.29) is 30.1 Å². The van der Waals surface area contributed by atoms with E-state index in [1.165, 1.54) is 0 Å². The van der Waals surface area contributed by atoms with Gasteiger partial charge in [0.1, 0.15) is 11.8 Å². The summed E-state index contributed by atoms with van der Waals surface area (Å²) in [5.41, 5.74) is 0.905. The number of thiol groups is 1. The monoisotopic (exact) mass is 492 g/mol. The lowest BCUT2D eigenvalue weighted by molar-refractivity contribution is -0.134. The van der Waals surface area contributed by atoms with Crippen LogP contribution >= 0.6 is 12.6 Å². The smallest absolute Gasteiger partial charge is 0.242 e. The summed E-state index contributed by atoms with van der Waals surface area (Å²) in [6.07, 6.45) is 1.13. The number of nitrogens with zero attached hydrogens (tertiary/aromatic N) is 2. The highest BCUT2D eigenvalue weighted by Crippen LogP contribution is 2.24. The minimum absolute atomic E-state index is 0.0238. The highest BCUT2D eigenvalue weighted by atomic mass is 32.1. The second-order valence-corrected chi connectivity index (χ2v) is 10.1. The molecule has 1 fully saturated rings. The predicted molar refractivity (Wildman–Crippen MR) is 137 cm³/mol. The summed E-state index contributed by atoms with van der Waals surface area (Å²) in [5.74, 6) is -0.00872. The Morgan fingerprint density at radius 2 is 1.68 bits per heavy atom. The van der Waals surface area contributed by atoms with E-state index in [4.69, 9.17) is 17.4 Å². The van der Waals surface area contributed by atoms with E-state index >= 15 is 0 Å². The Bertz CT molecular complexity index is 810. The number of likely N-dealkylation sites (N-methyl/N-ethyl adjacent to an activating group) is 2. The molecule has 1 aromatic rings. The van der Waals surface area contributed by atoms with Crippen molar-refractivity contribution in [2.24, 2.45) is 11.8 Å². The third-order valence-electron chi connectivity index (χ3n) is 6.24. The summed E-state index contributed by atoms with van der Waals surface area (Å²) < 4.78 is 5.19. The van der Waals surface area contributed by atoms with Crippen LogP contribution in [0.1, 0.15) is 32.3 Å². The molecule has 2 N–H and O–H groups in total. The number of hydrogen-bond acceptors (Lipinski definition) is 6. The van der Waals surface area contributed by atoms with E-state index in [1.54, 1.807) is 14.2 Å². The van der Waals surface area contributed by atoms with Gasteiger partial charge in [-0.3, -0.25) is 14.4 Å². The standard InChI is InChI=1S/C25H40N4O4S/c1-17(2)14-20(22(34)16-23(30)29-12-10-28(4)11-13-29)24(31)27-21(25(32)26-3)15-18-6-8-19(33-5)9-7-18/h6-9,17,20-22,34H,10-16H2,1-5H3,(H,26,32)(H,27,31)/t20?,21-,22?/m0/s1. The lowest BCUT2D eigenvalue weighted by Crippen LogP contribution is -2.51. The number of nitrogens with one attached hydrogen (secondary N) is 2. The molecule has 2 unspecified atom stereocenters. The van der Waals surface area contributed by atoms with Crippen molar-refractivity contribution in [1.82, 2.24) is 20.4 Å². The molecule has 0 aliphatic carbocycles. The third kappa shape index (κ3) is 8.51. The van der Waals surface area contributed by atoms with Crippen LogP contribution in [0.5, 0.6) is 5.75 Å². The fourth-order valence-corrected chi connectivity index (χ4v) is 4.53. The van der Waals surface area contributed by atoms with Crippen LogP contribution in [-0.2, 0) is 20.8 Å². The molecule has 3 atom stereocenters. The van der Waals surface area contributed by atoms with Crippen LogP contribution in [0.25, 0.3) is 0 Å². The van der Waals surface area contributed by atoms with Crippen molar-refractivity contribution in [3.8, 4) is 5.75 Å². The number of carbonyl (C=O) groups excluding carboxylic acids is 3. The van der Waals surface area contributed by atoms with Crippen molar-refractivity contribution in [3.05, 3.63) is 29.8 Å². The molecule has 9 heteroatoms. The number of ether oxygens (including phenoxy) is 1. The Balaban J connectivity index is 2.08. The minimum atomic E-state index is -0.727.